The number of carbonyl (C=O) groups excluding carboxylic acids is 1. The van der Waals surface area contributed by atoms with Crippen molar-refractivity contribution in [3.8, 4) is 5.75 Å². The number of amides is 1. The molecule has 0 bridgehead atoms. The molecule has 1 aromatic carbocycles. The predicted molar refractivity (Wildman–Crippen MR) is 74.2 cm³/mol. The summed E-state index contributed by atoms with van der Waals surface area (Å²) in [5, 5.41) is 9.17. The van der Waals surface area contributed by atoms with E-state index in [-0.39, 0.29) is 19.1 Å². The molecule has 0 radical (unpaired) electrons. The summed E-state index contributed by atoms with van der Waals surface area (Å²) in [4.78, 5) is 14.2. The Morgan fingerprint density at radius 1 is 1.37 bits per heavy atom. The number of β-amino-alcohol motifs (C(OH)–C–C–N with tert-alkyl or cyclic N) is 1. The smallest absolute Gasteiger partial charge is 0.271 e. The van der Waals surface area contributed by atoms with E-state index in [1.807, 2.05) is 13.8 Å². The Morgan fingerprint density at radius 3 is 2.63 bits per heavy atom. The zero-order chi connectivity index (χ0) is 14.0. The quantitative estimate of drug-likeness (QED) is 0.809. The van der Waals surface area contributed by atoms with E-state index >= 15 is 0 Å². The Kier molecular flexibility index (Phi) is 3.66. The first-order valence-electron chi connectivity index (χ1n) is 6.59. The third kappa shape index (κ3) is 2.14. The van der Waals surface area contributed by atoms with E-state index in [2.05, 4.69) is 0 Å². The van der Waals surface area contributed by atoms with Crippen molar-refractivity contribution in [3.63, 3.8) is 0 Å². The largest absolute Gasteiger partial charge is 0.475 e. The van der Waals surface area contributed by atoms with E-state index < -0.39 is 5.60 Å². The highest BCUT2D eigenvalue weighted by atomic mass is 16.5. The molecule has 1 heterocycles. The molecule has 0 saturated heterocycles. The van der Waals surface area contributed by atoms with Gasteiger partial charge >= 0.3 is 0 Å². The summed E-state index contributed by atoms with van der Waals surface area (Å²) in [6.45, 7) is 4.03. The van der Waals surface area contributed by atoms with Crippen LogP contribution in [0.4, 0.5) is 11.4 Å². The first-order valence-corrected chi connectivity index (χ1v) is 6.59. The lowest BCUT2D eigenvalue weighted by molar-refractivity contribution is -0.136. The second-order valence-electron chi connectivity index (χ2n) is 4.71. The van der Waals surface area contributed by atoms with E-state index in [1.54, 1.807) is 23.1 Å². The maximum atomic E-state index is 12.6. The van der Waals surface area contributed by atoms with Crippen molar-refractivity contribution >= 4 is 17.3 Å². The first kappa shape index (κ1) is 13.7. The molecule has 1 aliphatic rings. The van der Waals surface area contributed by atoms with E-state index in [4.69, 9.17) is 10.5 Å². The average molecular weight is 264 g/mol. The second-order valence-corrected chi connectivity index (χ2v) is 4.71. The first-order chi connectivity index (χ1) is 9.07. The fraction of sp³-hybridized carbons (Fsp3) is 0.500. The lowest BCUT2D eigenvalue weighted by Gasteiger charge is -2.41. The molecular weight excluding hydrogens is 244 g/mol. The van der Waals surface area contributed by atoms with Crippen molar-refractivity contribution in [1.29, 1.82) is 0 Å². The van der Waals surface area contributed by atoms with E-state index in [1.165, 1.54) is 0 Å². The minimum atomic E-state index is -0.851. The summed E-state index contributed by atoms with van der Waals surface area (Å²) in [5.74, 6) is 0.514. The average Bonchev–Trinajstić information content (AvgIpc) is 2.42. The maximum absolute atomic E-state index is 12.6. The molecule has 1 amide bonds. The number of carbonyl (C=O) groups is 1. The van der Waals surface area contributed by atoms with E-state index in [9.17, 15) is 9.90 Å². The Bertz CT molecular complexity index is 484. The summed E-state index contributed by atoms with van der Waals surface area (Å²) >= 11 is 0. The molecule has 19 heavy (non-hydrogen) atoms. The molecule has 5 nitrogen and oxygen atoms in total. The number of benzene rings is 1. The van der Waals surface area contributed by atoms with Gasteiger partial charge in [0.15, 0.2) is 5.60 Å². The highest BCUT2D eigenvalue weighted by Crippen LogP contribution is 2.41. The third-order valence-electron chi connectivity index (χ3n) is 3.68. The summed E-state index contributed by atoms with van der Waals surface area (Å²) in [5.41, 5.74) is 6.19. The number of nitrogens with two attached hydrogens (primary N) is 1. The molecule has 0 saturated carbocycles. The van der Waals surface area contributed by atoms with Crippen molar-refractivity contribution in [2.75, 3.05) is 23.8 Å². The monoisotopic (exact) mass is 264 g/mol. The SMILES string of the molecule is CCC1(CC)Oc2cc(N)ccc2N(CCO)C1=O. The Balaban J connectivity index is 2.52. The highest BCUT2D eigenvalue weighted by Gasteiger charge is 2.45. The highest BCUT2D eigenvalue weighted by molar-refractivity contribution is 6.03. The van der Waals surface area contributed by atoms with E-state index in [0.29, 0.717) is 30.0 Å². The Labute approximate surface area is 113 Å². The van der Waals surface area contributed by atoms with Gasteiger partial charge in [0.25, 0.3) is 5.91 Å². The van der Waals surface area contributed by atoms with Gasteiger partial charge in [0.2, 0.25) is 0 Å². The Hall–Kier alpha value is -1.75. The normalized spacial score (nSPS) is 17.0. The number of hydrogen-bond acceptors (Lipinski definition) is 4. The minimum Gasteiger partial charge on any atom is -0.475 e. The van der Waals surface area contributed by atoms with Crippen LogP contribution in [0.25, 0.3) is 0 Å². The van der Waals surface area contributed by atoms with Crippen LogP contribution in [0.1, 0.15) is 26.7 Å². The number of nitrogens with zero attached hydrogens (tertiary/aromatic N) is 1. The van der Waals surface area contributed by atoms with Crippen LogP contribution in [-0.2, 0) is 4.79 Å². The van der Waals surface area contributed by atoms with Crippen LogP contribution in [0, 0.1) is 0 Å². The van der Waals surface area contributed by atoms with Crippen molar-refractivity contribution in [3.05, 3.63) is 18.2 Å². The molecular formula is C14H20N2O3. The van der Waals surface area contributed by atoms with Gasteiger partial charge in [0, 0.05) is 18.3 Å². The molecule has 1 aromatic rings. The minimum absolute atomic E-state index is 0.0843. The summed E-state index contributed by atoms with van der Waals surface area (Å²) < 4.78 is 5.93. The van der Waals surface area contributed by atoms with Crippen molar-refractivity contribution in [2.24, 2.45) is 0 Å². The van der Waals surface area contributed by atoms with Crippen LogP contribution >= 0.6 is 0 Å². The van der Waals surface area contributed by atoms with Crippen LogP contribution in [0.3, 0.4) is 0 Å². The zero-order valence-corrected chi connectivity index (χ0v) is 11.3. The standard InChI is InChI=1S/C14H20N2O3/c1-3-14(4-2)13(18)16(7-8-17)11-6-5-10(15)9-12(11)19-14/h5-6,9,17H,3-4,7-8,15H2,1-2H3. The topological polar surface area (TPSA) is 75.8 Å². The maximum Gasteiger partial charge on any atom is 0.271 e. The Morgan fingerprint density at radius 2 is 2.05 bits per heavy atom. The molecule has 2 rings (SSSR count). The third-order valence-corrected chi connectivity index (χ3v) is 3.68. The molecule has 0 aromatic heterocycles. The number of hydrogen-bond donors (Lipinski definition) is 2. The van der Waals surface area contributed by atoms with Crippen LogP contribution in [-0.4, -0.2) is 29.8 Å². The summed E-state index contributed by atoms with van der Waals surface area (Å²) in [7, 11) is 0. The molecule has 5 heteroatoms. The fourth-order valence-electron chi connectivity index (χ4n) is 2.46. The van der Waals surface area contributed by atoms with Gasteiger partial charge in [-0.2, -0.15) is 0 Å². The number of aliphatic hydroxyl groups is 1. The molecule has 0 unspecified atom stereocenters. The molecule has 0 aliphatic carbocycles. The molecule has 1 aliphatic heterocycles. The summed E-state index contributed by atoms with van der Waals surface area (Å²) in [6.07, 6.45) is 1.16. The van der Waals surface area contributed by atoms with Crippen molar-refractivity contribution < 1.29 is 14.6 Å². The predicted octanol–water partition coefficient (Wildman–Crippen LogP) is 1.55. The number of anilines is 2. The van der Waals surface area contributed by atoms with Crippen LogP contribution in [0.5, 0.6) is 5.75 Å². The fourth-order valence-corrected chi connectivity index (χ4v) is 2.46. The van der Waals surface area contributed by atoms with E-state index in [0.717, 1.165) is 0 Å². The van der Waals surface area contributed by atoms with Gasteiger partial charge in [0.1, 0.15) is 5.75 Å². The van der Waals surface area contributed by atoms with Crippen molar-refractivity contribution in [2.45, 2.75) is 32.3 Å². The molecule has 0 fully saturated rings. The van der Waals surface area contributed by atoms with Gasteiger partial charge in [-0.25, -0.2) is 0 Å². The molecule has 104 valence electrons. The van der Waals surface area contributed by atoms with Crippen molar-refractivity contribution in [1.82, 2.24) is 0 Å². The number of aliphatic hydroxyl groups excluding tert-OH is 1. The number of nitrogen functional groups attached to an aromatic ring is 1. The van der Waals surface area contributed by atoms with Crippen LogP contribution in [0.2, 0.25) is 0 Å². The van der Waals surface area contributed by atoms with Crippen LogP contribution in [0.15, 0.2) is 18.2 Å². The lowest BCUT2D eigenvalue weighted by atomic mass is 9.92. The van der Waals surface area contributed by atoms with Gasteiger partial charge in [-0.1, -0.05) is 13.8 Å². The van der Waals surface area contributed by atoms with Gasteiger partial charge in [-0.3, -0.25) is 4.79 Å². The molecule has 3 N–H and O–H groups in total. The summed E-state index contributed by atoms with van der Waals surface area (Å²) in [6, 6.07) is 5.21. The number of ether oxygens (including phenoxy) is 1. The molecule has 0 atom stereocenters. The van der Waals surface area contributed by atoms with Gasteiger partial charge in [-0.05, 0) is 25.0 Å². The number of rotatable bonds is 4. The second kappa shape index (κ2) is 5.09. The van der Waals surface area contributed by atoms with Gasteiger partial charge in [-0.15, -0.1) is 0 Å². The van der Waals surface area contributed by atoms with Crippen LogP contribution < -0.4 is 15.4 Å². The number of fused-ring (bicyclic) bond motifs is 1. The lowest BCUT2D eigenvalue weighted by Crippen LogP contribution is -2.56. The van der Waals surface area contributed by atoms with Gasteiger partial charge in [0.05, 0.1) is 12.3 Å². The zero-order valence-electron chi connectivity index (χ0n) is 11.3. The van der Waals surface area contributed by atoms with Gasteiger partial charge < -0.3 is 20.5 Å². The molecule has 0 spiro atoms.